The van der Waals surface area contributed by atoms with Crippen LogP contribution in [0.25, 0.3) is 22.3 Å². The van der Waals surface area contributed by atoms with Crippen molar-refractivity contribution in [2.75, 3.05) is 32.4 Å². The summed E-state index contributed by atoms with van der Waals surface area (Å²) in [4.78, 5) is 15.2. The lowest BCUT2D eigenvalue weighted by Crippen LogP contribution is -2.42. The van der Waals surface area contributed by atoms with Gasteiger partial charge in [-0.3, -0.25) is 13.8 Å². The molecule has 242 valence electrons. The van der Waals surface area contributed by atoms with E-state index in [1.54, 1.807) is 22.4 Å². The van der Waals surface area contributed by atoms with E-state index in [1.807, 2.05) is 16.7 Å². The second-order valence-electron chi connectivity index (χ2n) is 11.9. The monoisotopic (exact) mass is 666 g/mol. The minimum absolute atomic E-state index is 0.00437. The summed E-state index contributed by atoms with van der Waals surface area (Å²) in [6, 6.07) is 10.1. The number of imidazole rings is 1. The van der Waals surface area contributed by atoms with Gasteiger partial charge in [0.25, 0.3) is 0 Å². The molecule has 1 atom stereocenters. The van der Waals surface area contributed by atoms with Gasteiger partial charge < -0.3 is 10.0 Å². The molecule has 0 amide bonds. The van der Waals surface area contributed by atoms with Crippen molar-refractivity contribution in [3.63, 3.8) is 0 Å². The van der Waals surface area contributed by atoms with Crippen molar-refractivity contribution in [3.8, 4) is 11.3 Å². The van der Waals surface area contributed by atoms with Gasteiger partial charge in [0.15, 0.2) is 0 Å². The molecular formula is C30H34ClF3N6O4S. The molecule has 15 heteroatoms. The maximum absolute atomic E-state index is 13.2. The van der Waals surface area contributed by atoms with Crippen LogP contribution in [0, 0.1) is 0 Å². The quantitative estimate of drug-likeness (QED) is 0.321. The van der Waals surface area contributed by atoms with Gasteiger partial charge in [0.05, 0.1) is 41.2 Å². The predicted octanol–water partition coefficient (Wildman–Crippen LogP) is 3.89. The van der Waals surface area contributed by atoms with Gasteiger partial charge in [-0.1, -0.05) is 23.7 Å². The molecule has 1 saturated heterocycles. The van der Waals surface area contributed by atoms with Crippen molar-refractivity contribution in [1.29, 1.82) is 0 Å². The maximum Gasteiger partial charge on any atom is 0.416 e. The van der Waals surface area contributed by atoms with Gasteiger partial charge in [-0.15, -0.1) is 0 Å². The van der Waals surface area contributed by atoms with Gasteiger partial charge in [0.1, 0.15) is 0 Å². The van der Waals surface area contributed by atoms with E-state index in [1.165, 1.54) is 16.4 Å². The van der Waals surface area contributed by atoms with Gasteiger partial charge in [0.2, 0.25) is 10.0 Å². The highest BCUT2D eigenvalue weighted by molar-refractivity contribution is 7.88. The molecule has 0 bridgehead atoms. The van der Waals surface area contributed by atoms with E-state index >= 15 is 0 Å². The lowest BCUT2D eigenvalue weighted by molar-refractivity contribution is -0.137. The van der Waals surface area contributed by atoms with Crippen LogP contribution in [0.3, 0.4) is 0 Å². The van der Waals surface area contributed by atoms with Gasteiger partial charge >= 0.3 is 11.9 Å². The number of benzene rings is 2. The van der Waals surface area contributed by atoms with E-state index in [0.717, 1.165) is 48.0 Å². The number of halogens is 4. The molecule has 6 rings (SSSR count). The van der Waals surface area contributed by atoms with Crippen LogP contribution in [0.4, 0.5) is 13.2 Å². The molecular weight excluding hydrogens is 633 g/mol. The number of piperidine rings is 1. The van der Waals surface area contributed by atoms with E-state index in [9.17, 15) is 31.5 Å². The number of rotatable bonds is 7. The summed E-state index contributed by atoms with van der Waals surface area (Å²) in [5.41, 5.74) is 2.97. The van der Waals surface area contributed by atoms with Gasteiger partial charge in [-0.05, 0) is 43.2 Å². The number of aromatic nitrogens is 4. The van der Waals surface area contributed by atoms with Crippen LogP contribution in [0.1, 0.15) is 35.7 Å². The van der Waals surface area contributed by atoms with E-state index < -0.39 is 27.9 Å². The zero-order valence-electron chi connectivity index (χ0n) is 24.8. The molecule has 0 aliphatic carbocycles. The second-order valence-corrected chi connectivity index (χ2v) is 14.3. The van der Waals surface area contributed by atoms with Crippen LogP contribution < -0.4 is 5.69 Å². The summed E-state index contributed by atoms with van der Waals surface area (Å²) in [5.74, 6) is 0. The largest absolute Gasteiger partial charge is 0.416 e. The minimum Gasteiger partial charge on any atom is -0.390 e. The summed E-state index contributed by atoms with van der Waals surface area (Å²) in [7, 11) is -1.76. The number of fused-ring (bicyclic) bond motifs is 2. The van der Waals surface area contributed by atoms with Crippen LogP contribution in [-0.4, -0.2) is 80.2 Å². The minimum atomic E-state index is -4.48. The summed E-state index contributed by atoms with van der Waals surface area (Å²) in [5, 5.41) is 16.4. The average Bonchev–Trinajstić information content (AvgIpc) is 3.46. The Labute approximate surface area is 263 Å². The van der Waals surface area contributed by atoms with Crippen LogP contribution in [0.15, 0.2) is 47.3 Å². The average molecular weight is 667 g/mol. The zero-order chi connectivity index (χ0) is 32.3. The predicted molar refractivity (Wildman–Crippen MR) is 165 cm³/mol. The number of aryl methyl sites for hydroxylation is 1. The van der Waals surface area contributed by atoms with Crippen LogP contribution in [0.2, 0.25) is 5.02 Å². The standard InChI is InChI=1S/C30H34ClF3N6O4S/c1-36-26-8-7-21(31)15-27(26)40(29(36)42)22-9-12-37(13-10-22)16-23(41)17-39-25-11-14-38(45(2,43)44)18-24(25)28(35-39)19-3-5-20(6-4-19)30(32,33)34/h3-8,15,22-23,41H,9-14,16-18H2,1-2H3/t23-/m0/s1. The Morgan fingerprint density at radius 1 is 1.04 bits per heavy atom. The van der Waals surface area contributed by atoms with E-state index in [2.05, 4.69) is 10.00 Å². The molecule has 2 aromatic heterocycles. The van der Waals surface area contributed by atoms with Crippen LogP contribution >= 0.6 is 11.6 Å². The van der Waals surface area contributed by atoms with Crippen molar-refractivity contribution >= 4 is 32.7 Å². The van der Waals surface area contributed by atoms with Crippen molar-refractivity contribution in [1.82, 2.24) is 28.1 Å². The number of alkyl halides is 3. The van der Waals surface area contributed by atoms with Gasteiger partial charge in [-0.2, -0.15) is 22.6 Å². The fraction of sp³-hybridized carbons (Fsp3) is 0.467. The Kier molecular flexibility index (Phi) is 8.40. The molecule has 4 aromatic rings. The Morgan fingerprint density at radius 2 is 1.73 bits per heavy atom. The van der Waals surface area contributed by atoms with Crippen molar-refractivity contribution in [3.05, 3.63) is 74.8 Å². The Hall–Kier alpha value is -3.17. The van der Waals surface area contributed by atoms with Crippen molar-refractivity contribution in [2.24, 2.45) is 7.05 Å². The third-order valence-corrected chi connectivity index (χ3v) is 10.4. The van der Waals surface area contributed by atoms with Gasteiger partial charge in [0, 0.05) is 74.1 Å². The fourth-order valence-corrected chi connectivity index (χ4v) is 7.51. The molecule has 0 saturated carbocycles. The van der Waals surface area contributed by atoms with Crippen LogP contribution in [-0.2, 0) is 42.8 Å². The molecule has 0 spiro atoms. The third kappa shape index (κ3) is 6.30. The number of likely N-dealkylation sites (tertiary alicyclic amines) is 1. The third-order valence-electron chi connectivity index (χ3n) is 8.88. The zero-order valence-corrected chi connectivity index (χ0v) is 26.4. The highest BCUT2D eigenvalue weighted by Crippen LogP contribution is 2.35. The topological polar surface area (TPSA) is 106 Å². The number of hydrogen-bond donors (Lipinski definition) is 1. The molecule has 0 radical (unpaired) electrons. The van der Waals surface area contributed by atoms with Crippen molar-refractivity contribution < 1.29 is 26.7 Å². The van der Waals surface area contributed by atoms with E-state index in [4.69, 9.17) is 11.6 Å². The SMILES string of the molecule is Cn1c(=O)n(C2CCN(C[C@H](O)Cn3nc(-c4ccc(C(F)(F)F)cc4)c4c3CCN(S(C)(=O)=O)C4)CC2)c2cc(Cl)ccc21. The first-order chi connectivity index (χ1) is 21.2. The number of β-amino-alcohol motifs (C(OH)–C–C–N with tert-alkyl or cyclic N) is 1. The first kappa shape index (κ1) is 31.8. The Balaban J connectivity index is 1.18. The number of aliphatic hydroxyl groups is 1. The number of sulfonamides is 1. The molecule has 0 unspecified atom stereocenters. The summed E-state index contributed by atoms with van der Waals surface area (Å²) in [6.45, 7) is 2.13. The molecule has 2 aliphatic rings. The summed E-state index contributed by atoms with van der Waals surface area (Å²) >= 11 is 6.23. The second kappa shape index (κ2) is 11.9. The highest BCUT2D eigenvalue weighted by atomic mass is 35.5. The molecule has 1 fully saturated rings. The summed E-state index contributed by atoms with van der Waals surface area (Å²) < 4.78 is 70.6. The maximum atomic E-state index is 13.2. The highest BCUT2D eigenvalue weighted by Gasteiger charge is 2.33. The first-order valence-corrected chi connectivity index (χ1v) is 16.9. The normalized spacial score (nSPS) is 18.0. The number of hydrogen-bond acceptors (Lipinski definition) is 6. The van der Waals surface area contributed by atoms with Crippen LogP contribution in [0.5, 0.6) is 0 Å². The van der Waals surface area contributed by atoms with Crippen molar-refractivity contribution in [2.45, 2.75) is 50.7 Å². The lowest BCUT2D eigenvalue weighted by Gasteiger charge is -2.33. The van der Waals surface area contributed by atoms with E-state index in [0.29, 0.717) is 47.9 Å². The smallest absolute Gasteiger partial charge is 0.390 e. The lowest BCUT2D eigenvalue weighted by atomic mass is 10.0. The Bertz CT molecular complexity index is 1890. The molecule has 4 heterocycles. The Morgan fingerprint density at radius 3 is 2.38 bits per heavy atom. The molecule has 45 heavy (non-hydrogen) atoms. The van der Waals surface area contributed by atoms with E-state index in [-0.39, 0.29) is 31.4 Å². The van der Waals surface area contributed by atoms with Gasteiger partial charge in [-0.25, -0.2) is 13.2 Å². The number of aliphatic hydroxyl groups excluding tert-OH is 1. The molecule has 1 N–H and O–H groups in total. The molecule has 2 aliphatic heterocycles. The number of nitrogens with zero attached hydrogens (tertiary/aromatic N) is 6. The molecule has 10 nitrogen and oxygen atoms in total. The first-order valence-electron chi connectivity index (χ1n) is 14.7. The summed E-state index contributed by atoms with van der Waals surface area (Å²) in [6.07, 6.45) is -2.37. The molecule has 2 aromatic carbocycles. The fourth-order valence-electron chi connectivity index (χ4n) is 6.56.